The number of fused-ring (bicyclic) bond motifs is 1. The summed E-state index contributed by atoms with van der Waals surface area (Å²) in [6.45, 7) is 0.672. The minimum atomic E-state index is -4.66. The summed E-state index contributed by atoms with van der Waals surface area (Å²) in [5.74, 6) is 0. The van der Waals surface area contributed by atoms with Crippen LogP contribution in [0.25, 0.3) is 16.6 Å². The molecule has 2 aromatic rings. The lowest BCUT2D eigenvalue weighted by molar-refractivity contribution is -0.228. The summed E-state index contributed by atoms with van der Waals surface area (Å²) in [5.41, 5.74) is -1.37. The molecule has 0 fully saturated rings. The van der Waals surface area contributed by atoms with E-state index in [1.165, 1.54) is 22.9 Å². The summed E-state index contributed by atoms with van der Waals surface area (Å²) in [6, 6.07) is 3.41. The molecule has 2 atom stereocenters. The van der Waals surface area contributed by atoms with Crippen LogP contribution >= 0.6 is 0 Å². The molecule has 32 heavy (non-hydrogen) atoms. The maximum atomic E-state index is 14.0. The zero-order chi connectivity index (χ0) is 23.7. The summed E-state index contributed by atoms with van der Waals surface area (Å²) >= 11 is 0. The molecule has 0 radical (unpaired) electrons. The second-order valence-electron chi connectivity index (χ2n) is 7.46. The predicted molar refractivity (Wildman–Crippen MR) is 107 cm³/mol. The molecular formula is C19H20F3N5O4S. The minimum absolute atomic E-state index is 0.0436. The molecule has 2 aromatic heterocycles. The van der Waals surface area contributed by atoms with Crippen molar-refractivity contribution in [3.05, 3.63) is 35.7 Å². The fourth-order valence-corrected chi connectivity index (χ4v) is 3.63. The van der Waals surface area contributed by atoms with E-state index in [-0.39, 0.29) is 42.1 Å². The fourth-order valence-electron chi connectivity index (χ4n) is 3.21. The molecule has 9 nitrogen and oxygen atoms in total. The van der Waals surface area contributed by atoms with Crippen molar-refractivity contribution in [3.8, 4) is 6.07 Å². The van der Waals surface area contributed by atoms with Crippen LogP contribution in [0.15, 0.2) is 24.3 Å². The van der Waals surface area contributed by atoms with E-state index >= 15 is 0 Å². The van der Waals surface area contributed by atoms with Gasteiger partial charge in [0.1, 0.15) is 17.0 Å². The summed E-state index contributed by atoms with van der Waals surface area (Å²) in [7, 11) is -2.03. The Morgan fingerprint density at radius 1 is 1.34 bits per heavy atom. The van der Waals surface area contributed by atoms with Gasteiger partial charge in [-0.2, -0.15) is 26.9 Å². The maximum Gasteiger partial charge on any atom is 0.400 e. The Labute approximate surface area is 182 Å². The van der Waals surface area contributed by atoms with Crippen LogP contribution in [0, 0.1) is 16.7 Å². The van der Waals surface area contributed by atoms with Crippen molar-refractivity contribution in [2.24, 2.45) is 12.5 Å². The number of hydrogen-bond donors (Lipinski definition) is 0. The molecule has 0 saturated heterocycles. The third kappa shape index (κ3) is 4.82. The van der Waals surface area contributed by atoms with Crippen molar-refractivity contribution in [1.29, 1.82) is 5.26 Å². The molecule has 2 heterocycles. The van der Waals surface area contributed by atoms with E-state index in [2.05, 4.69) is 19.5 Å². The first kappa shape index (κ1) is 23.8. The largest absolute Gasteiger partial charge is 0.400 e. The van der Waals surface area contributed by atoms with Gasteiger partial charge >= 0.3 is 6.18 Å². The van der Waals surface area contributed by atoms with Crippen LogP contribution < -0.4 is 0 Å². The molecule has 13 heteroatoms. The van der Waals surface area contributed by atoms with Gasteiger partial charge in [-0.25, -0.2) is 9.67 Å². The molecule has 1 aliphatic rings. The van der Waals surface area contributed by atoms with Crippen molar-refractivity contribution in [1.82, 2.24) is 20.0 Å². The molecule has 0 bridgehead atoms. The minimum Gasteiger partial charge on any atom is -0.373 e. The third-order valence-corrected chi connectivity index (χ3v) is 5.59. The van der Waals surface area contributed by atoms with Gasteiger partial charge in [0.05, 0.1) is 30.2 Å². The number of aromatic nitrogens is 4. The van der Waals surface area contributed by atoms with Crippen LogP contribution in [0.5, 0.6) is 0 Å². The first-order valence-corrected chi connectivity index (χ1v) is 11.2. The average molecular weight is 471 g/mol. The summed E-state index contributed by atoms with van der Waals surface area (Å²) in [6.07, 6.45) is -1.28. The Hall–Kier alpha value is -2.82. The molecule has 0 saturated carbocycles. The Morgan fingerprint density at radius 3 is 2.69 bits per heavy atom. The highest BCUT2D eigenvalue weighted by molar-refractivity contribution is 7.85. The monoisotopic (exact) mass is 471 g/mol. The number of allylic oxidation sites excluding steroid dienone is 2. The van der Waals surface area contributed by atoms with Crippen LogP contribution in [0.4, 0.5) is 13.2 Å². The number of alkyl halides is 3. The SMILES string of the molecule is Cn1nnc2c(C#N)nc(C3=CC(C)(C(F)(F)F)C(OCCCOS(C)(=O)=O)C=C3)cc21. The average Bonchev–Trinajstić information content (AvgIpc) is 3.07. The lowest BCUT2D eigenvalue weighted by Gasteiger charge is -2.37. The number of halogens is 3. The van der Waals surface area contributed by atoms with Crippen LogP contribution in [-0.4, -0.2) is 60.1 Å². The summed E-state index contributed by atoms with van der Waals surface area (Å²) in [5, 5.41) is 17.0. The van der Waals surface area contributed by atoms with E-state index < -0.39 is 27.8 Å². The molecule has 0 amide bonds. The van der Waals surface area contributed by atoms with Gasteiger partial charge in [0, 0.05) is 13.7 Å². The molecule has 2 unspecified atom stereocenters. The zero-order valence-electron chi connectivity index (χ0n) is 17.4. The molecule has 0 aliphatic heterocycles. The number of rotatable bonds is 7. The third-order valence-electron chi connectivity index (χ3n) is 4.99. The molecule has 0 N–H and O–H groups in total. The van der Waals surface area contributed by atoms with Crippen LogP contribution in [0.3, 0.4) is 0 Å². The highest BCUT2D eigenvalue weighted by Crippen LogP contribution is 2.47. The number of nitrogens with zero attached hydrogens (tertiary/aromatic N) is 5. The van der Waals surface area contributed by atoms with Crippen molar-refractivity contribution in [3.63, 3.8) is 0 Å². The quantitative estimate of drug-likeness (QED) is 0.446. The van der Waals surface area contributed by atoms with Crippen LogP contribution in [-0.2, 0) is 26.1 Å². The Bertz CT molecular complexity index is 1230. The first-order chi connectivity index (χ1) is 14.9. The van der Waals surface area contributed by atoms with E-state index in [9.17, 15) is 26.9 Å². The predicted octanol–water partition coefficient (Wildman–Crippen LogP) is 2.51. The Balaban J connectivity index is 1.88. The standard InChI is InChI=1S/C19H20F3N5O4S/c1-18(19(20,21)22)10-12(5-6-16(18)30-7-4-8-31-32(3,28)29)13-9-15-17(14(11-23)24-13)25-26-27(15)2/h5-6,9-10,16H,4,7-8H2,1-3H3. The topological polar surface area (TPSA) is 120 Å². The van der Waals surface area contributed by atoms with Gasteiger partial charge in [-0.1, -0.05) is 23.4 Å². The van der Waals surface area contributed by atoms with E-state index in [4.69, 9.17) is 4.74 Å². The number of nitriles is 1. The lowest BCUT2D eigenvalue weighted by atomic mass is 9.77. The van der Waals surface area contributed by atoms with E-state index in [0.717, 1.165) is 19.3 Å². The van der Waals surface area contributed by atoms with Gasteiger partial charge in [0.25, 0.3) is 10.1 Å². The molecule has 0 spiro atoms. The van der Waals surface area contributed by atoms with Crippen molar-refractivity contribution < 1.29 is 30.5 Å². The fraction of sp³-hybridized carbons (Fsp3) is 0.474. The molecule has 1 aliphatic carbocycles. The smallest absolute Gasteiger partial charge is 0.373 e. The van der Waals surface area contributed by atoms with Gasteiger partial charge < -0.3 is 4.74 Å². The number of hydrogen-bond acceptors (Lipinski definition) is 8. The van der Waals surface area contributed by atoms with Crippen LogP contribution in [0.2, 0.25) is 0 Å². The molecule has 172 valence electrons. The van der Waals surface area contributed by atoms with Gasteiger partial charge in [-0.15, -0.1) is 5.10 Å². The van der Waals surface area contributed by atoms with Crippen molar-refractivity contribution >= 4 is 26.7 Å². The second kappa shape index (κ2) is 8.61. The van der Waals surface area contributed by atoms with E-state index in [1.807, 2.05) is 6.07 Å². The number of pyridine rings is 1. The number of aryl methyl sites for hydroxylation is 1. The molecule has 0 aromatic carbocycles. The number of ether oxygens (including phenoxy) is 1. The van der Waals surface area contributed by atoms with Crippen molar-refractivity contribution in [2.75, 3.05) is 19.5 Å². The van der Waals surface area contributed by atoms with Gasteiger partial charge in [-0.3, -0.25) is 4.18 Å². The highest BCUT2D eigenvalue weighted by Gasteiger charge is 2.55. The summed E-state index contributed by atoms with van der Waals surface area (Å²) < 4.78 is 75.5. The normalized spacial score (nSPS) is 21.5. The second-order valence-corrected chi connectivity index (χ2v) is 9.10. The Morgan fingerprint density at radius 2 is 2.06 bits per heavy atom. The maximum absolute atomic E-state index is 14.0. The van der Waals surface area contributed by atoms with E-state index in [0.29, 0.717) is 5.52 Å². The molecular weight excluding hydrogens is 451 g/mol. The highest BCUT2D eigenvalue weighted by atomic mass is 32.2. The summed E-state index contributed by atoms with van der Waals surface area (Å²) in [4.78, 5) is 4.16. The van der Waals surface area contributed by atoms with Gasteiger partial charge in [0.2, 0.25) is 0 Å². The van der Waals surface area contributed by atoms with Gasteiger partial charge in [0.15, 0.2) is 5.69 Å². The lowest BCUT2D eigenvalue weighted by Crippen LogP contribution is -2.45. The van der Waals surface area contributed by atoms with Gasteiger partial charge in [-0.05, 0) is 25.0 Å². The molecule has 3 rings (SSSR count). The van der Waals surface area contributed by atoms with Crippen molar-refractivity contribution in [2.45, 2.75) is 25.6 Å². The van der Waals surface area contributed by atoms with E-state index in [1.54, 1.807) is 7.05 Å². The zero-order valence-corrected chi connectivity index (χ0v) is 18.2. The Kier molecular flexibility index (Phi) is 6.41. The van der Waals surface area contributed by atoms with Crippen LogP contribution in [0.1, 0.15) is 24.7 Å². The first-order valence-electron chi connectivity index (χ1n) is 9.40.